The molecule has 0 heterocycles. The van der Waals surface area contributed by atoms with Crippen LogP contribution < -0.4 is 15.4 Å². The molecule has 0 aliphatic carbocycles. The normalized spacial score (nSPS) is 9.93. The second-order valence-electron chi connectivity index (χ2n) is 3.26. The molecule has 0 aliphatic heterocycles. The van der Waals surface area contributed by atoms with E-state index < -0.39 is 0 Å². The lowest BCUT2D eigenvalue weighted by Crippen LogP contribution is -2.20. The topological polar surface area (TPSA) is 38.5 Å². The van der Waals surface area contributed by atoms with E-state index in [1.54, 1.807) is 7.11 Å². The van der Waals surface area contributed by atoms with Crippen molar-refractivity contribution in [2.45, 2.75) is 6.42 Å². The van der Waals surface area contributed by atoms with Gasteiger partial charge in [-0.2, -0.15) is 0 Å². The average Bonchev–Trinajstić information content (AvgIpc) is 2.26. The lowest BCUT2D eigenvalue weighted by Gasteiger charge is -2.18. The van der Waals surface area contributed by atoms with E-state index in [1.165, 1.54) is 5.69 Å². The molecule has 2 N–H and O–H groups in total. The highest BCUT2D eigenvalue weighted by molar-refractivity contribution is 5.48. The second-order valence-corrected chi connectivity index (χ2v) is 3.26. The molecule has 3 heteroatoms. The van der Waals surface area contributed by atoms with Crippen molar-refractivity contribution in [1.29, 1.82) is 0 Å². The molecular formula is C11H18N2O. The Hall–Kier alpha value is -1.22. The molecule has 0 atom stereocenters. The first-order chi connectivity index (χ1) is 6.77. The van der Waals surface area contributed by atoms with Crippen molar-refractivity contribution >= 4 is 5.69 Å². The van der Waals surface area contributed by atoms with Crippen LogP contribution in [0.2, 0.25) is 0 Å². The van der Waals surface area contributed by atoms with E-state index in [9.17, 15) is 0 Å². The number of anilines is 1. The van der Waals surface area contributed by atoms with Gasteiger partial charge in [-0.3, -0.25) is 0 Å². The fraction of sp³-hybridized carbons (Fsp3) is 0.455. The van der Waals surface area contributed by atoms with Crippen LogP contribution in [0.15, 0.2) is 24.3 Å². The Morgan fingerprint density at radius 2 is 1.93 bits per heavy atom. The van der Waals surface area contributed by atoms with Crippen LogP contribution >= 0.6 is 0 Å². The summed E-state index contributed by atoms with van der Waals surface area (Å²) in [4.78, 5) is 2.19. The third-order valence-electron chi connectivity index (χ3n) is 2.21. The highest BCUT2D eigenvalue weighted by Gasteiger charge is 1.99. The van der Waals surface area contributed by atoms with Crippen molar-refractivity contribution in [1.82, 2.24) is 0 Å². The van der Waals surface area contributed by atoms with E-state index in [0.717, 1.165) is 25.3 Å². The second kappa shape index (κ2) is 5.50. The third-order valence-corrected chi connectivity index (χ3v) is 2.21. The van der Waals surface area contributed by atoms with Crippen LogP contribution in [0.25, 0.3) is 0 Å². The Labute approximate surface area is 85.5 Å². The zero-order chi connectivity index (χ0) is 10.4. The highest BCUT2D eigenvalue weighted by Crippen LogP contribution is 2.17. The van der Waals surface area contributed by atoms with E-state index in [1.807, 2.05) is 12.1 Å². The van der Waals surface area contributed by atoms with Gasteiger partial charge in [-0.15, -0.1) is 0 Å². The fourth-order valence-corrected chi connectivity index (χ4v) is 1.29. The molecule has 1 rings (SSSR count). The number of hydrogen-bond acceptors (Lipinski definition) is 3. The van der Waals surface area contributed by atoms with Crippen LogP contribution in [-0.2, 0) is 0 Å². The number of rotatable bonds is 5. The molecule has 0 spiro atoms. The molecule has 3 nitrogen and oxygen atoms in total. The van der Waals surface area contributed by atoms with Gasteiger partial charge in [0.15, 0.2) is 0 Å². The number of benzene rings is 1. The zero-order valence-electron chi connectivity index (χ0n) is 8.86. The predicted octanol–water partition coefficient (Wildman–Crippen LogP) is 1.48. The molecular weight excluding hydrogens is 176 g/mol. The molecule has 0 aliphatic rings. The quantitative estimate of drug-likeness (QED) is 0.771. The summed E-state index contributed by atoms with van der Waals surface area (Å²) in [5, 5.41) is 0. The molecule has 0 saturated carbocycles. The third kappa shape index (κ3) is 2.92. The largest absolute Gasteiger partial charge is 0.497 e. The zero-order valence-corrected chi connectivity index (χ0v) is 8.86. The molecule has 14 heavy (non-hydrogen) atoms. The summed E-state index contributed by atoms with van der Waals surface area (Å²) in [7, 11) is 3.74. The fourth-order valence-electron chi connectivity index (χ4n) is 1.29. The van der Waals surface area contributed by atoms with Gasteiger partial charge in [0.05, 0.1) is 7.11 Å². The first kappa shape index (κ1) is 10.9. The summed E-state index contributed by atoms with van der Waals surface area (Å²) < 4.78 is 5.09. The van der Waals surface area contributed by atoms with Gasteiger partial charge < -0.3 is 15.4 Å². The molecule has 0 bridgehead atoms. The SMILES string of the molecule is COc1ccc(N(C)CCCN)cc1. The molecule has 0 unspecified atom stereocenters. The Morgan fingerprint density at radius 1 is 1.29 bits per heavy atom. The molecule has 0 saturated heterocycles. The maximum Gasteiger partial charge on any atom is 0.119 e. The Balaban J connectivity index is 2.57. The van der Waals surface area contributed by atoms with Crippen LogP contribution in [0.4, 0.5) is 5.69 Å². The summed E-state index contributed by atoms with van der Waals surface area (Å²) in [5.74, 6) is 0.890. The van der Waals surface area contributed by atoms with Gasteiger partial charge in [0.25, 0.3) is 0 Å². The smallest absolute Gasteiger partial charge is 0.119 e. The molecule has 78 valence electrons. The van der Waals surface area contributed by atoms with Crippen molar-refractivity contribution in [3.8, 4) is 5.75 Å². The van der Waals surface area contributed by atoms with E-state index in [0.29, 0.717) is 0 Å². The molecule has 1 aromatic carbocycles. The number of nitrogens with zero attached hydrogens (tertiary/aromatic N) is 1. The maximum absolute atomic E-state index is 5.45. The van der Waals surface area contributed by atoms with E-state index in [2.05, 4.69) is 24.1 Å². The van der Waals surface area contributed by atoms with Crippen molar-refractivity contribution in [2.75, 3.05) is 32.1 Å². The van der Waals surface area contributed by atoms with Gasteiger partial charge in [-0.05, 0) is 37.2 Å². The number of nitrogens with two attached hydrogens (primary N) is 1. The Kier molecular flexibility index (Phi) is 4.26. The van der Waals surface area contributed by atoms with Gasteiger partial charge in [0, 0.05) is 19.3 Å². The number of ether oxygens (including phenoxy) is 1. The number of methoxy groups -OCH3 is 1. The van der Waals surface area contributed by atoms with Crippen molar-refractivity contribution < 1.29 is 4.74 Å². The molecule has 0 amide bonds. The van der Waals surface area contributed by atoms with Gasteiger partial charge in [0.1, 0.15) is 5.75 Å². The summed E-state index contributed by atoms with van der Waals surface area (Å²) in [6.07, 6.45) is 1.02. The molecule has 0 aromatic heterocycles. The Morgan fingerprint density at radius 3 is 2.43 bits per heavy atom. The van der Waals surface area contributed by atoms with Crippen LogP contribution in [0.1, 0.15) is 6.42 Å². The minimum absolute atomic E-state index is 0.737. The summed E-state index contributed by atoms with van der Waals surface area (Å²) in [6.45, 7) is 1.73. The molecule has 0 radical (unpaired) electrons. The maximum atomic E-state index is 5.45. The number of hydrogen-bond donors (Lipinski definition) is 1. The summed E-state index contributed by atoms with van der Waals surface area (Å²) >= 11 is 0. The van der Waals surface area contributed by atoms with Crippen LogP contribution in [0.3, 0.4) is 0 Å². The van der Waals surface area contributed by atoms with Crippen LogP contribution in [0.5, 0.6) is 5.75 Å². The monoisotopic (exact) mass is 194 g/mol. The summed E-state index contributed by atoms with van der Waals surface area (Å²) in [5.41, 5.74) is 6.65. The first-order valence-electron chi connectivity index (χ1n) is 4.83. The van der Waals surface area contributed by atoms with Crippen molar-refractivity contribution in [3.63, 3.8) is 0 Å². The van der Waals surface area contributed by atoms with Gasteiger partial charge in [0.2, 0.25) is 0 Å². The standard InChI is InChI=1S/C11H18N2O/c1-13(9-3-8-12)10-4-6-11(14-2)7-5-10/h4-7H,3,8-9,12H2,1-2H3. The van der Waals surface area contributed by atoms with Gasteiger partial charge in [-0.1, -0.05) is 0 Å². The van der Waals surface area contributed by atoms with Crippen LogP contribution in [0, 0.1) is 0 Å². The average molecular weight is 194 g/mol. The molecule has 1 aromatic rings. The lowest BCUT2D eigenvalue weighted by atomic mass is 10.2. The van der Waals surface area contributed by atoms with E-state index >= 15 is 0 Å². The highest BCUT2D eigenvalue weighted by atomic mass is 16.5. The van der Waals surface area contributed by atoms with Gasteiger partial charge in [-0.25, -0.2) is 0 Å². The van der Waals surface area contributed by atoms with Crippen molar-refractivity contribution in [3.05, 3.63) is 24.3 Å². The summed E-state index contributed by atoms with van der Waals surface area (Å²) in [6, 6.07) is 8.03. The minimum Gasteiger partial charge on any atom is -0.497 e. The van der Waals surface area contributed by atoms with E-state index in [4.69, 9.17) is 10.5 Å². The predicted molar refractivity (Wildman–Crippen MR) is 59.9 cm³/mol. The Bertz CT molecular complexity index is 258. The lowest BCUT2D eigenvalue weighted by molar-refractivity contribution is 0.415. The minimum atomic E-state index is 0.737. The molecule has 0 fully saturated rings. The first-order valence-corrected chi connectivity index (χ1v) is 4.83. The van der Waals surface area contributed by atoms with Crippen molar-refractivity contribution in [2.24, 2.45) is 5.73 Å². The van der Waals surface area contributed by atoms with Gasteiger partial charge >= 0.3 is 0 Å². The van der Waals surface area contributed by atoms with Crippen LogP contribution in [-0.4, -0.2) is 27.2 Å². The van der Waals surface area contributed by atoms with E-state index in [-0.39, 0.29) is 0 Å².